The van der Waals surface area contributed by atoms with Crippen LogP contribution in [0, 0.1) is 12.8 Å². The number of methoxy groups -OCH3 is 1. The Bertz CT molecular complexity index is 528. The second-order valence-electron chi connectivity index (χ2n) is 5.07. The van der Waals surface area contributed by atoms with Gasteiger partial charge in [0, 0.05) is 16.3 Å². The molecule has 0 aromatic heterocycles. The molecule has 0 bridgehead atoms. The molecule has 5 heteroatoms. The maximum Gasteiger partial charge on any atom is 0.161 e. The van der Waals surface area contributed by atoms with Crippen LogP contribution in [-0.2, 0) is 0 Å². The minimum atomic E-state index is 0.668. The van der Waals surface area contributed by atoms with E-state index in [2.05, 4.69) is 10.3 Å². The van der Waals surface area contributed by atoms with Gasteiger partial charge in [-0.15, -0.1) is 0 Å². The van der Waals surface area contributed by atoms with Gasteiger partial charge < -0.3 is 10.1 Å². The van der Waals surface area contributed by atoms with Crippen molar-refractivity contribution in [1.29, 1.82) is 0 Å². The Morgan fingerprint density at radius 2 is 2.21 bits per heavy atom. The summed E-state index contributed by atoms with van der Waals surface area (Å²) >= 11 is 7.97. The topological polar surface area (TPSA) is 33.6 Å². The Hall–Kier alpha value is -0.870. The Balaban J connectivity index is 1.74. The van der Waals surface area contributed by atoms with Gasteiger partial charge in [-0.1, -0.05) is 23.4 Å². The molecule has 1 N–H and O–H groups in total. The molecule has 1 aromatic carbocycles. The molecular weight excluding hydrogens is 280 g/mol. The zero-order chi connectivity index (χ0) is 13.4. The summed E-state index contributed by atoms with van der Waals surface area (Å²) in [4.78, 5) is 4.58. The molecular formula is C14H17ClN2OS. The summed E-state index contributed by atoms with van der Waals surface area (Å²) in [6, 6.07) is 3.85. The highest BCUT2D eigenvalue weighted by Crippen LogP contribution is 2.42. The average Bonchev–Trinajstić information content (AvgIpc) is 3.14. The van der Waals surface area contributed by atoms with E-state index < -0.39 is 0 Å². The van der Waals surface area contributed by atoms with E-state index in [1.54, 1.807) is 7.11 Å². The number of aryl methyl sites for hydroxylation is 1. The van der Waals surface area contributed by atoms with E-state index in [-0.39, 0.29) is 0 Å². The number of thioether (sulfide) groups is 1. The third-order valence-corrected chi connectivity index (χ3v) is 5.25. The summed E-state index contributed by atoms with van der Waals surface area (Å²) in [5.74, 6) is 1.63. The van der Waals surface area contributed by atoms with Crippen LogP contribution in [0.3, 0.4) is 0 Å². The van der Waals surface area contributed by atoms with Gasteiger partial charge in [0.1, 0.15) is 5.75 Å². The van der Waals surface area contributed by atoms with Crippen LogP contribution < -0.4 is 10.1 Å². The maximum absolute atomic E-state index is 6.11. The molecule has 1 aromatic rings. The molecule has 1 aliphatic heterocycles. The molecule has 102 valence electrons. The number of halogens is 1. The Kier molecular flexibility index (Phi) is 3.63. The van der Waals surface area contributed by atoms with Crippen molar-refractivity contribution in [2.24, 2.45) is 10.9 Å². The van der Waals surface area contributed by atoms with Gasteiger partial charge in [0.05, 0.1) is 19.3 Å². The van der Waals surface area contributed by atoms with Crippen molar-refractivity contribution in [1.82, 2.24) is 0 Å². The van der Waals surface area contributed by atoms with E-state index in [1.165, 1.54) is 12.8 Å². The fraction of sp³-hybridized carbons (Fsp3) is 0.500. The van der Waals surface area contributed by atoms with Gasteiger partial charge in [0.25, 0.3) is 0 Å². The summed E-state index contributed by atoms with van der Waals surface area (Å²) in [6.45, 7) is 2.93. The summed E-state index contributed by atoms with van der Waals surface area (Å²) in [7, 11) is 1.66. The van der Waals surface area contributed by atoms with Crippen LogP contribution in [0.2, 0.25) is 5.02 Å². The highest BCUT2D eigenvalue weighted by atomic mass is 35.5. The molecule has 1 atom stereocenters. The summed E-state index contributed by atoms with van der Waals surface area (Å²) in [5, 5.41) is 5.76. The molecule has 1 saturated carbocycles. The van der Waals surface area contributed by atoms with Crippen LogP contribution in [0.5, 0.6) is 5.75 Å². The zero-order valence-corrected chi connectivity index (χ0v) is 12.6. The number of amidine groups is 1. The van der Waals surface area contributed by atoms with E-state index in [9.17, 15) is 0 Å². The second kappa shape index (κ2) is 5.25. The molecule has 0 spiro atoms. The number of nitrogens with one attached hydrogen (secondary N) is 1. The standard InChI is InChI=1S/C14H17ClN2OS/c1-8-5-11(12(18-2)6-10(8)15)17-14-16-7-13(19-14)9-3-4-9/h5-6,9,13H,3-4,7H2,1-2H3,(H,16,17). The maximum atomic E-state index is 6.11. The lowest BCUT2D eigenvalue weighted by molar-refractivity contribution is 0.417. The summed E-state index contributed by atoms with van der Waals surface area (Å²) in [6.07, 6.45) is 2.73. The second-order valence-corrected chi connectivity index (χ2v) is 6.70. The van der Waals surface area contributed by atoms with Crippen molar-refractivity contribution in [3.63, 3.8) is 0 Å². The lowest BCUT2D eigenvalue weighted by Crippen LogP contribution is -2.09. The first kappa shape index (κ1) is 13.1. The fourth-order valence-electron chi connectivity index (χ4n) is 2.22. The van der Waals surface area contributed by atoms with E-state index in [0.717, 1.165) is 39.7 Å². The number of hydrogen-bond acceptors (Lipinski definition) is 4. The number of ether oxygens (including phenoxy) is 1. The first-order chi connectivity index (χ1) is 9.17. The predicted octanol–water partition coefficient (Wildman–Crippen LogP) is 3.95. The third-order valence-electron chi connectivity index (χ3n) is 3.55. The van der Waals surface area contributed by atoms with Crippen LogP contribution in [0.4, 0.5) is 5.69 Å². The van der Waals surface area contributed by atoms with E-state index in [1.807, 2.05) is 30.8 Å². The van der Waals surface area contributed by atoms with Crippen LogP contribution in [0.25, 0.3) is 0 Å². The Labute approximate surface area is 122 Å². The van der Waals surface area contributed by atoms with E-state index >= 15 is 0 Å². The van der Waals surface area contributed by atoms with Gasteiger partial charge in [0.2, 0.25) is 0 Å². The van der Waals surface area contributed by atoms with Gasteiger partial charge in [-0.2, -0.15) is 0 Å². The SMILES string of the molecule is COc1cc(Cl)c(C)cc1NC1=NCC(C2CC2)S1. The first-order valence-electron chi connectivity index (χ1n) is 6.49. The van der Waals surface area contributed by atoms with E-state index in [4.69, 9.17) is 16.3 Å². The lowest BCUT2D eigenvalue weighted by Gasteiger charge is -2.13. The van der Waals surface area contributed by atoms with Crippen LogP contribution in [-0.4, -0.2) is 24.1 Å². The fourth-order valence-corrected chi connectivity index (χ4v) is 3.59. The molecule has 1 fully saturated rings. The minimum Gasteiger partial charge on any atom is -0.495 e. The summed E-state index contributed by atoms with van der Waals surface area (Å²) in [5.41, 5.74) is 1.97. The number of hydrogen-bond donors (Lipinski definition) is 1. The Morgan fingerprint density at radius 3 is 2.89 bits per heavy atom. The minimum absolute atomic E-state index is 0.668. The first-order valence-corrected chi connectivity index (χ1v) is 7.75. The van der Waals surface area contributed by atoms with Crippen molar-refractivity contribution >= 4 is 34.2 Å². The van der Waals surface area contributed by atoms with Crippen LogP contribution in [0.15, 0.2) is 17.1 Å². The summed E-state index contributed by atoms with van der Waals surface area (Å²) < 4.78 is 5.37. The van der Waals surface area contributed by atoms with Gasteiger partial charge in [0.15, 0.2) is 5.17 Å². The average molecular weight is 297 g/mol. The van der Waals surface area contributed by atoms with Crippen molar-refractivity contribution in [3.05, 3.63) is 22.7 Å². The zero-order valence-electron chi connectivity index (χ0n) is 11.1. The molecule has 1 unspecified atom stereocenters. The van der Waals surface area contributed by atoms with Crippen LogP contribution in [0.1, 0.15) is 18.4 Å². The molecule has 2 aliphatic rings. The van der Waals surface area contributed by atoms with Crippen molar-refractivity contribution in [2.75, 3.05) is 19.0 Å². The smallest absolute Gasteiger partial charge is 0.161 e. The molecule has 3 nitrogen and oxygen atoms in total. The van der Waals surface area contributed by atoms with Gasteiger partial charge in [-0.05, 0) is 37.3 Å². The highest BCUT2D eigenvalue weighted by Gasteiger charge is 2.35. The van der Waals surface area contributed by atoms with Crippen LogP contribution >= 0.6 is 23.4 Å². The van der Waals surface area contributed by atoms with Gasteiger partial charge in [-0.3, -0.25) is 4.99 Å². The Morgan fingerprint density at radius 1 is 1.42 bits per heavy atom. The van der Waals surface area contributed by atoms with Gasteiger partial charge >= 0.3 is 0 Å². The van der Waals surface area contributed by atoms with Crippen molar-refractivity contribution in [2.45, 2.75) is 25.0 Å². The van der Waals surface area contributed by atoms with Gasteiger partial charge in [-0.25, -0.2) is 0 Å². The van der Waals surface area contributed by atoms with Crippen molar-refractivity contribution in [3.8, 4) is 5.75 Å². The van der Waals surface area contributed by atoms with E-state index in [0.29, 0.717) is 5.25 Å². The normalized spacial score (nSPS) is 22.3. The lowest BCUT2D eigenvalue weighted by atomic mass is 10.2. The number of benzene rings is 1. The third kappa shape index (κ3) is 2.84. The largest absolute Gasteiger partial charge is 0.495 e. The number of anilines is 1. The predicted molar refractivity (Wildman–Crippen MR) is 82.8 cm³/mol. The monoisotopic (exact) mass is 296 g/mol. The molecule has 3 rings (SSSR count). The molecule has 0 radical (unpaired) electrons. The quantitative estimate of drug-likeness (QED) is 0.917. The highest BCUT2D eigenvalue weighted by molar-refractivity contribution is 8.15. The molecule has 0 amide bonds. The number of nitrogens with zero attached hydrogens (tertiary/aromatic N) is 1. The van der Waals surface area contributed by atoms with Crippen molar-refractivity contribution < 1.29 is 4.74 Å². The number of rotatable bonds is 3. The molecule has 1 aliphatic carbocycles. The molecule has 19 heavy (non-hydrogen) atoms. The number of aliphatic imine (C=N–C) groups is 1. The molecule has 1 heterocycles. The molecule has 0 saturated heterocycles.